The average molecular weight is 272 g/mol. The van der Waals surface area contributed by atoms with Crippen LogP contribution in [0.5, 0.6) is 0 Å². The molecule has 1 aromatic heterocycles. The van der Waals surface area contributed by atoms with Crippen molar-refractivity contribution in [3.63, 3.8) is 0 Å². The van der Waals surface area contributed by atoms with Gasteiger partial charge in [-0.25, -0.2) is 0 Å². The molecular formula is C17H20OS. The van der Waals surface area contributed by atoms with Crippen LogP contribution in [0, 0.1) is 0 Å². The van der Waals surface area contributed by atoms with E-state index in [1.54, 1.807) is 11.3 Å². The fraction of sp³-hybridized carbons (Fsp3) is 0.412. The predicted octanol–water partition coefficient (Wildman–Crippen LogP) is 4.66. The second-order valence-corrected chi connectivity index (χ2v) is 6.27. The van der Waals surface area contributed by atoms with Crippen molar-refractivity contribution < 1.29 is 5.11 Å². The van der Waals surface area contributed by atoms with Gasteiger partial charge in [-0.3, -0.25) is 0 Å². The second kappa shape index (κ2) is 5.48. The van der Waals surface area contributed by atoms with Crippen molar-refractivity contribution in [1.29, 1.82) is 0 Å². The molecule has 0 aliphatic heterocycles. The van der Waals surface area contributed by atoms with Crippen molar-refractivity contribution >= 4 is 11.3 Å². The van der Waals surface area contributed by atoms with E-state index in [4.69, 9.17) is 0 Å². The van der Waals surface area contributed by atoms with Gasteiger partial charge in [0.15, 0.2) is 0 Å². The SMILES string of the molecule is CCc1ccsc1C(O)c1ccccc1C1CCC1. The zero-order chi connectivity index (χ0) is 13.2. The van der Waals surface area contributed by atoms with Crippen molar-refractivity contribution in [2.75, 3.05) is 0 Å². The van der Waals surface area contributed by atoms with Crippen LogP contribution in [0.25, 0.3) is 0 Å². The van der Waals surface area contributed by atoms with Crippen molar-refractivity contribution in [3.8, 4) is 0 Å². The Kier molecular flexibility index (Phi) is 3.72. The lowest BCUT2D eigenvalue weighted by Gasteiger charge is -2.29. The van der Waals surface area contributed by atoms with Crippen LogP contribution in [-0.4, -0.2) is 5.11 Å². The lowest BCUT2D eigenvalue weighted by Crippen LogP contribution is -2.13. The van der Waals surface area contributed by atoms with Gasteiger partial charge in [-0.1, -0.05) is 37.6 Å². The minimum absolute atomic E-state index is 0.452. The van der Waals surface area contributed by atoms with Gasteiger partial charge in [0.2, 0.25) is 0 Å². The first-order valence-electron chi connectivity index (χ1n) is 7.14. The van der Waals surface area contributed by atoms with E-state index in [1.807, 2.05) is 6.07 Å². The van der Waals surface area contributed by atoms with Crippen molar-refractivity contribution in [2.45, 2.75) is 44.6 Å². The maximum Gasteiger partial charge on any atom is 0.114 e. The highest BCUT2D eigenvalue weighted by Gasteiger charge is 2.25. The van der Waals surface area contributed by atoms with Crippen molar-refractivity contribution in [3.05, 3.63) is 57.3 Å². The van der Waals surface area contributed by atoms with Crippen LogP contribution in [0.4, 0.5) is 0 Å². The van der Waals surface area contributed by atoms with Gasteiger partial charge in [-0.2, -0.15) is 0 Å². The van der Waals surface area contributed by atoms with Gasteiger partial charge in [0.25, 0.3) is 0 Å². The maximum absolute atomic E-state index is 10.8. The number of hydrogen-bond donors (Lipinski definition) is 1. The summed E-state index contributed by atoms with van der Waals surface area (Å²) in [6.45, 7) is 2.15. The minimum atomic E-state index is -0.452. The summed E-state index contributed by atoms with van der Waals surface area (Å²) in [5.74, 6) is 0.663. The van der Waals surface area contributed by atoms with E-state index < -0.39 is 6.10 Å². The molecule has 3 rings (SSSR count). The highest BCUT2D eigenvalue weighted by Crippen LogP contribution is 2.41. The van der Waals surface area contributed by atoms with Gasteiger partial charge in [0.05, 0.1) is 0 Å². The Bertz CT molecular complexity index is 554. The number of benzene rings is 1. The number of aliphatic hydroxyl groups excluding tert-OH is 1. The molecule has 2 heteroatoms. The molecule has 0 saturated heterocycles. The monoisotopic (exact) mass is 272 g/mol. The summed E-state index contributed by atoms with van der Waals surface area (Å²) in [6, 6.07) is 10.6. The summed E-state index contributed by atoms with van der Waals surface area (Å²) >= 11 is 1.67. The predicted molar refractivity (Wildman–Crippen MR) is 80.8 cm³/mol. The first-order valence-corrected chi connectivity index (χ1v) is 8.02. The van der Waals surface area contributed by atoms with Crippen LogP contribution >= 0.6 is 11.3 Å². The number of thiophene rings is 1. The molecule has 1 unspecified atom stereocenters. The highest BCUT2D eigenvalue weighted by molar-refractivity contribution is 7.10. The van der Waals surface area contributed by atoms with Crippen molar-refractivity contribution in [1.82, 2.24) is 0 Å². The summed E-state index contributed by atoms with van der Waals surface area (Å²) in [4.78, 5) is 1.12. The van der Waals surface area contributed by atoms with Crippen LogP contribution in [0.1, 0.15) is 59.8 Å². The molecule has 1 saturated carbocycles. The first-order chi connectivity index (χ1) is 9.31. The topological polar surface area (TPSA) is 20.2 Å². The molecule has 1 nitrogen and oxygen atoms in total. The molecule has 19 heavy (non-hydrogen) atoms. The van der Waals surface area contributed by atoms with Crippen LogP contribution in [0.15, 0.2) is 35.7 Å². The molecule has 1 atom stereocenters. The Balaban J connectivity index is 1.97. The third-order valence-corrected chi connectivity index (χ3v) is 5.26. The Morgan fingerprint density at radius 1 is 1.26 bits per heavy atom. The molecule has 1 aliphatic rings. The molecule has 1 N–H and O–H groups in total. The Morgan fingerprint density at radius 3 is 2.74 bits per heavy atom. The van der Waals surface area contributed by atoms with E-state index in [0.717, 1.165) is 16.9 Å². The first kappa shape index (κ1) is 12.9. The lowest BCUT2D eigenvalue weighted by atomic mass is 9.77. The molecule has 1 aliphatic carbocycles. The van der Waals surface area contributed by atoms with Crippen LogP contribution in [0.2, 0.25) is 0 Å². The summed E-state index contributed by atoms with van der Waals surface area (Å²) < 4.78 is 0. The quantitative estimate of drug-likeness (QED) is 0.858. The van der Waals surface area contributed by atoms with Crippen molar-refractivity contribution in [2.24, 2.45) is 0 Å². The summed E-state index contributed by atoms with van der Waals surface area (Å²) in [5, 5.41) is 12.8. The molecule has 2 aromatic rings. The third-order valence-electron chi connectivity index (χ3n) is 4.25. The fourth-order valence-electron chi connectivity index (χ4n) is 2.87. The lowest BCUT2D eigenvalue weighted by molar-refractivity contribution is 0.220. The Labute approximate surface area is 118 Å². The molecule has 0 radical (unpaired) electrons. The van der Waals surface area contributed by atoms with E-state index in [1.165, 1.54) is 30.4 Å². The Morgan fingerprint density at radius 2 is 2.05 bits per heavy atom. The molecule has 1 heterocycles. The van der Waals surface area contributed by atoms with Gasteiger partial charge >= 0.3 is 0 Å². The van der Waals surface area contributed by atoms with Gasteiger partial charge in [-0.15, -0.1) is 11.3 Å². The van der Waals surface area contributed by atoms with Gasteiger partial charge in [0.1, 0.15) is 6.10 Å². The average Bonchev–Trinajstić information content (AvgIpc) is 2.85. The normalized spacial score (nSPS) is 17.2. The molecular weight excluding hydrogens is 252 g/mol. The minimum Gasteiger partial charge on any atom is -0.383 e. The summed E-state index contributed by atoms with van der Waals surface area (Å²) in [6.07, 6.45) is 4.41. The van der Waals surface area contributed by atoms with E-state index in [-0.39, 0.29) is 0 Å². The number of aliphatic hydroxyl groups is 1. The molecule has 1 aromatic carbocycles. The zero-order valence-corrected chi connectivity index (χ0v) is 12.1. The molecule has 0 amide bonds. The number of aryl methyl sites for hydroxylation is 1. The maximum atomic E-state index is 10.8. The number of hydrogen-bond acceptors (Lipinski definition) is 2. The zero-order valence-electron chi connectivity index (χ0n) is 11.3. The largest absolute Gasteiger partial charge is 0.383 e. The highest BCUT2D eigenvalue weighted by atomic mass is 32.1. The summed E-state index contributed by atoms with van der Waals surface area (Å²) in [7, 11) is 0. The van der Waals surface area contributed by atoms with E-state index >= 15 is 0 Å². The Hall–Kier alpha value is -1.12. The van der Waals surface area contributed by atoms with Gasteiger partial charge in [0, 0.05) is 4.88 Å². The molecule has 0 bridgehead atoms. The smallest absolute Gasteiger partial charge is 0.114 e. The third kappa shape index (κ3) is 2.35. The van der Waals surface area contributed by atoms with E-state index in [9.17, 15) is 5.11 Å². The van der Waals surface area contributed by atoms with Gasteiger partial charge in [-0.05, 0) is 53.3 Å². The number of rotatable bonds is 4. The van der Waals surface area contributed by atoms with E-state index in [2.05, 4.69) is 36.6 Å². The standard InChI is InChI=1S/C17H20OS/c1-2-12-10-11-19-17(12)16(18)15-9-4-3-8-14(15)13-6-5-7-13/h3-4,8-11,13,16,18H,2,5-7H2,1H3. The molecule has 100 valence electrons. The van der Waals surface area contributed by atoms with E-state index in [0.29, 0.717) is 5.92 Å². The molecule has 0 spiro atoms. The van der Waals surface area contributed by atoms with Gasteiger partial charge < -0.3 is 5.11 Å². The fourth-order valence-corrected chi connectivity index (χ4v) is 3.87. The van der Waals surface area contributed by atoms with Crippen LogP contribution in [-0.2, 0) is 6.42 Å². The summed E-state index contributed by atoms with van der Waals surface area (Å²) in [5.41, 5.74) is 3.75. The molecule has 1 fully saturated rings. The van der Waals surface area contributed by atoms with Crippen LogP contribution < -0.4 is 0 Å². The van der Waals surface area contributed by atoms with Crippen LogP contribution in [0.3, 0.4) is 0 Å². The second-order valence-electron chi connectivity index (χ2n) is 5.32.